The lowest BCUT2D eigenvalue weighted by atomic mass is 10.1. The van der Waals surface area contributed by atoms with E-state index in [4.69, 9.17) is 4.74 Å². The predicted molar refractivity (Wildman–Crippen MR) is 116 cm³/mol. The van der Waals surface area contributed by atoms with E-state index < -0.39 is 9.84 Å². The Bertz CT molecular complexity index is 1170. The third-order valence-electron chi connectivity index (χ3n) is 5.22. The lowest BCUT2D eigenvalue weighted by Gasteiger charge is -2.13. The van der Waals surface area contributed by atoms with Gasteiger partial charge in [-0.15, -0.1) is 0 Å². The van der Waals surface area contributed by atoms with Gasteiger partial charge in [0.05, 0.1) is 30.4 Å². The number of rotatable bonds is 5. The van der Waals surface area contributed by atoms with Crippen LogP contribution in [0.1, 0.15) is 28.5 Å². The molecular weight excluding hydrogens is 402 g/mol. The second-order valence-electron chi connectivity index (χ2n) is 7.46. The van der Waals surface area contributed by atoms with Crippen LogP contribution in [0.2, 0.25) is 0 Å². The molecule has 4 rings (SSSR count). The first kappa shape index (κ1) is 20.2. The van der Waals surface area contributed by atoms with Gasteiger partial charge >= 0.3 is 0 Å². The highest BCUT2D eigenvalue weighted by Gasteiger charge is 2.32. The van der Waals surface area contributed by atoms with Crippen molar-refractivity contribution in [3.05, 3.63) is 65.9 Å². The number of benzene rings is 2. The predicted octanol–water partition coefficient (Wildman–Crippen LogP) is 3.48. The second-order valence-corrected chi connectivity index (χ2v) is 9.69. The van der Waals surface area contributed by atoms with Crippen molar-refractivity contribution in [1.82, 2.24) is 9.78 Å². The molecule has 7 nitrogen and oxygen atoms in total. The summed E-state index contributed by atoms with van der Waals surface area (Å²) in [4.78, 5) is 12.8. The van der Waals surface area contributed by atoms with Crippen molar-refractivity contribution in [3.63, 3.8) is 0 Å². The third kappa shape index (κ3) is 4.23. The van der Waals surface area contributed by atoms with E-state index >= 15 is 0 Å². The Morgan fingerprint density at radius 3 is 2.43 bits per heavy atom. The number of aryl methyl sites for hydroxylation is 1. The summed E-state index contributed by atoms with van der Waals surface area (Å²) in [6.07, 6.45) is 0.489. The quantitative estimate of drug-likeness (QED) is 0.676. The maximum absolute atomic E-state index is 12.8. The summed E-state index contributed by atoms with van der Waals surface area (Å²) in [6.45, 7) is 2.00. The minimum atomic E-state index is -3.09. The zero-order valence-corrected chi connectivity index (χ0v) is 17.6. The number of anilines is 1. The van der Waals surface area contributed by atoms with Gasteiger partial charge in [-0.3, -0.25) is 9.48 Å². The zero-order valence-electron chi connectivity index (χ0n) is 16.8. The molecule has 1 saturated heterocycles. The minimum Gasteiger partial charge on any atom is -0.497 e. The van der Waals surface area contributed by atoms with Gasteiger partial charge in [-0.1, -0.05) is 29.8 Å². The highest BCUT2D eigenvalue weighted by atomic mass is 32.2. The Morgan fingerprint density at radius 1 is 1.13 bits per heavy atom. The number of nitrogens with one attached hydrogen (secondary N) is 1. The number of methoxy groups -OCH3 is 1. The standard InChI is InChI=1S/C22H23N3O4S/c1-15-3-5-16(6-4-15)21-13-20(24-25(21)18-11-12-30(27,28)14-18)22(26)23-17-7-9-19(29-2)10-8-17/h3-10,13,18H,11-12,14H2,1-2H3,(H,23,26)/t18-/m1/s1. The maximum atomic E-state index is 12.8. The van der Waals surface area contributed by atoms with Crippen LogP contribution in [0.4, 0.5) is 5.69 Å². The van der Waals surface area contributed by atoms with E-state index in [0.717, 1.165) is 16.8 Å². The number of aromatic nitrogens is 2. The SMILES string of the molecule is COc1ccc(NC(=O)c2cc(-c3ccc(C)cc3)n([C@@H]3CCS(=O)(=O)C3)n2)cc1. The van der Waals surface area contributed by atoms with Crippen LogP contribution in [0.3, 0.4) is 0 Å². The largest absolute Gasteiger partial charge is 0.497 e. The molecule has 0 radical (unpaired) electrons. The van der Waals surface area contributed by atoms with Crippen LogP contribution >= 0.6 is 0 Å². The second kappa shape index (κ2) is 7.95. The van der Waals surface area contributed by atoms with Gasteiger partial charge in [0.1, 0.15) is 5.75 Å². The number of nitrogens with zero attached hydrogens (tertiary/aromatic N) is 2. The van der Waals surface area contributed by atoms with Gasteiger partial charge in [-0.05, 0) is 49.2 Å². The van der Waals surface area contributed by atoms with E-state index in [1.165, 1.54) is 0 Å². The van der Waals surface area contributed by atoms with Crippen molar-refractivity contribution in [1.29, 1.82) is 0 Å². The van der Waals surface area contributed by atoms with Gasteiger partial charge in [-0.25, -0.2) is 8.42 Å². The van der Waals surface area contributed by atoms with E-state index in [-0.39, 0.29) is 29.1 Å². The van der Waals surface area contributed by atoms with Crippen LogP contribution in [0.5, 0.6) is 5.75 Å². The molecule has 1 amide bonds. The number of ether oxygens (including phenoxy) is 1. The van der Waals surface area contributed by atoms with Crippen LogP contribution in [0.15, 0.2) is 54.6 Å². The van der Waals surface area contributed by atoms with Crippen LogP contribution in [0.25, 0.3) is 11.3 Å². The molecule has 0 unspecified atom stereocenters. The fraction of sp³-hybridized carbons (Fsp3) is 0.273. The topological polar surface area (TPSA) is 90.3 Å². The molecule has 156 valence electrons. The molecule has 2 aromatic carbocycles. The molecule has 0 saturated carbocycles. The molecule has 8 heteroatoms. The van der Waals surface area contributed by atoms with Crippen LogP contribution in [-0.2, 0) is 9.84 Å². The number of hydrogen-bond donors (Lipinski definition) is 1. The fourth-order valence-electron chi connectivity index (χ4n) is 3.56. The molecule has 1 N–H and O–H groups in total. The summed E-state index contributed by atoms with van der Waals surface area (Å²) in [7, 11) is -1.51. The van der Waals surface area contributed by atoms with E-state index in [1.54, 1.807) is 42.1 Å². The third-order valence-corrected chi connectivity index (χ3v) is 6.97. The summed E-state index contributed by atoms with van der Waals surface area (Å²) < 4.78 is 30.8. The highest BCUT2D eigenvalue weighted by Crippen LogP contribution is 2.30. The van der Waals surface area contributed by atoms with Gasteiger partial charge in [0, 0.05) is 5.69 Å². The number of hydrogen-bond acceptors (Lipinski definition) is 5. The summed E-state index contributed by atoms with van der Waals surface area (Å²) >= 11 is 0. The van der Waals surface area contributed by atoms with Gasteiger partial charge in [0.15, 0.2) is 15.5 Å². The maximum Gasteiger partial charge on any atom is 0.276 e. The number of amides is 1. The van der Waals surface area contributed by atoms with Gasteiger partial charge < -0.3 is 10.1 Å². The number of carbonyl (C=O) groups excluding carboxylic acids is 1. The number of carbonyl (C=O) groups is 1. The highest BCUT2D eigenvalue weighted by molar-refractivity contribution is 7.91. The molecule has 2 heterocycles. The van der Waals surface area contributed by atoms with Crippen molar-refractivity contribution in [3.8, 4) is 17.0 Å². The molecule has 3 aromatic rings. The van der Waals surface area contributed by atoms with Crippen LogP contribution < -0.4 is 10.1 Å². The summed E-state index contributed by atoms with van der Waals surface area (Å²) in [5, 5.41) is 7.33. The van der Waals surface area contributed by atoms with E-state index in [0.29, 0.717) is 17.9 Å². The molecule has 30 heavy (non-hydrogen) atoms. The summed E-state index contributed by atoms with van der Waals surface area (Å²) in [6, 6.07) is 16.3. The number of sulfone groups is 1. The summed E-state index contributed by atoms with van der Waals surface area (Å²) in [5.41, 5.74) is 3.60. The Hall–Kier alpha value is -3.13. The molecular formula is C22H23N3O4S. The lowest BCUT2D eigenvalue weighted by Crippen LogP contribution is -2.16. The zero-order chi connectivity index (χ0) is 21.3. The lowest BCUT2D eigenvalue weighted by molar-refractivity contribution is 0.102. The minimum absolute atomic E-state index is 0.0348. The van der Waals surface area contributed by atoms with E-state index in [1.807, 2.05) is 31.2 Å². The monoisotopic (exact) mass is 425 g/mol. The smallest absolute Gasteiger partial charge is 0.276 e. The Morgan fingerprint density at radius 2 is 1.83 bits per heavy atom. The average Bonchev–Trinajstić information content (AvgIpc) is 3.32. The summed E-state index contributed by atoms with van der Waals surface area (Å²) in [5.74, 6) is 0.514. The molecule has 1 aliphatic heterocycles. The van der Waals surface area contributed by atoms with Crippen LogP contribution in [0, 0.1) is 6.92 Å². The molecule has 0 spiro atoms. The molecule has 0 aliphatic carbocycles. The molecule has 1 atom stereocenters. The average molecular weight is 426 g/mol. The van der Waals surface area contributed by atoms with Crippen molar-refractivity contribution in [2.24, 2.45) is 0 Å². The van der Waals surface area contributed by atoms with Crippen LogP contribution in [-0.4, -0.2) is 42.7 Å². The first-order valence-corrected chi connectivity index (χ1v) is 11.5. The van der Waals surface area contributed by atoms with E-state index in [9.17, 15) is 13.2 Å². The molecule has 0 bridgehead atoms. The normalized spacial score (nSPS) is 17.6. The Labute approximate surface area is 175 Å². The first-order chi connectivity index (χ1) is 14.3. The first-order valence-electron chi connectivity index (χ1n) is 9.67. The van der Waals surface area contributed by atoms with E-state index in [2.05, 4.69) is 10.4 Å². The Balaban J connectivity index is 1.67. The molecule has 1 fully saturated rings. The van der Waals surface area contributed by atoms with Gasteiger partial charge in [0.25, 0.3) is 5.91 Å². The van der Waals surface area contributed by atoms with Crippen molar-refractivity contribution >= 4 is 21.4 Å². The van der Waals surface area contributed by atoms with Gasteiger partial charge in [-0.2, -0.15) is 5.10 Å². The fourth-order valence-corrected chi connectivity index (χ4v) is 5.25. The van der Waals surface area contributed by atoms with Crippen molar-refractivity contribution in [2.45, 2.75) is 19.4 Å². The van der Waals surface area contributed by atoms with Gasteiger partial charge in [0.2, 0.25) is 0 Å². The van der Waals surface area contributed by atoms with Crippen molar-refractivity contribution in [2.75, 3.05) is 23.9 Å². The van der Waals surface area contributed by atoms with Crippen molar-refractivity contribution < 1.29 is 17.9 Å². The molecule has 1 aromatic heterocycles. The Kier molecular flexibility index (Phi) is 5.34. The molecule has 1 aliphatic rings.